The number of nitrogens with one attached hydrogen (secondary N) is 1. The first-order chi connectivity index (χ1) is 8.06. The Bertz CT molecular complexity index is 405. The second-order valence-corrected chi connectivity index (χ2v) is 5.04. The maximum Gasteiger partial charge on any atom is 0.264 e. The van der Waals surface area contributed by atoms with Crippen molar-refractivity contribution in [3.63, 3.8) is 0 Å². The third-order valence-corrected chi connectivity index (χ3v) is 3.47. The van der Waals surface area contributed by atoms with Crippen LogP contribution in [0, 0.1) is 5.92 Å². The standard InChI is InChI=1S/C10H16N4OS2/c1-3-4-7-8(17-14-13-7)10(15)12-5-6(2)9(11)16/h6H,3-5H2,1-2H3,(H2,11,16)(H,12,15). The molecule has 3 N–H and O–H groups in total. The lowest BCUT2D eigenvalue weighted by Gasteiger charge is -2.10. The Labute approximate surface area is 110 Å². The van der Waals surface area contributed by atoms with Crippen molar-refractivity contribution in [2.45, 2.75) is 26.7 Å². The molecule has 5 nitrogen and oxygen atoms in total. The van der Waals surface area contributed by atoms with Crippen molar-refractivity contribution in [3.8, 4) is 0 Å². The average molecular weight is 272 g/mol. The number of nitrogens with two attached hydrogens (primary N) is 1. The van der Waals surface area contributed by atoms with Gasteiger partial charge in [-0.3, -0.25) is 4.79 Å². The number of carbonyl (C=O) groups excluding carboxylic acids is 1. The van der Waals surface area contributed by atoms with Gasteiger partial charge in [-0.1, -0.05) is 37.0 Å². The van der Waals surface area contributed by atoms with Crippen LogP contribution in [0.15, 0.2) is 0 Å². The SMILES string of the molecule is CCCc1nnsc1C(=O)NCC(C)C(N)=S. The van der Waals surface area contributed by atoms with Crippen molar-refractivity contribution in [1.82, 2.24) is 14.9 Å². The van der Waals surface area contributed by atoms with Gasteiger partial charge in [0.2, 0.25) is 0 Å². The molecule has 1 amide bonds. The van der Waals surface area contributed by atoms with Crippen LogP contribution in [0.25, 0.3) is 0 Å². The predicted octanol–water partition coefficient (Wildman–Crippen LogP) is 1.14. The molecule has 1 aromatic heterocycles. The Morgan fingerprint density at radius 3 is 2.94 bits per heavy atom. The molecule has 1 heterocycles. The van der Waals surface area contributed by atoms with Gasteiger partial charge in [-0.15, -0.1) is 5.10 Å². The van der Waals surface area contributed by atoms with Crippen molar-refractivity contribution in [1.29, 1.82) is 0 Å². The van der Waals surface area contributed by atoms with Crippen molar-refractivity contribution < 1.29 is 4.79 Å². The molecule has 0 aliphatic heterocycles. The summed E-state index contributed by atoms with van der Waals surface area (Å²) >= 11 is 5.96. The van der Waals surface area contributed by atoms with E-state index < -0.39 is 0 Å². The van der Waals surface area contributed by atoms with Crippen LogP contribution in [0.2, 0.25) is 0 Å². The number of hydrogen-bond donors (Lipinski definition) is 2. The first-order valence-corrected chi connectivity index (χ1v) is 6.63. The smallest absolute Gasteiger partial charge is 0.264 e. The quantitative estimate of drug-likeness (QED) is 0.759. The molecule has 0 aliphatic rings. The fourth-order valence-corrected chi connectivity index (χ4v) is 1.92. The summed E-state index contributed by atoms with van der Waals surface area (Å²) in [6, 6.07) is 0. The summed E-state index contributed by atoms with van der Waals surface area (Å²) in [6.45, 7) is 4.36. The molecule has 0 fully saturated rings. The minimum atomic E-state index is -0.147. The Morgan fingerprint density at radius 1 is 1.65 bits per heavy atom. The van der Waals surface area contributed by atoms with Crippen LogP contribution < -0.4 is 11.1 Å². The molecular weight excluding hydrogens is 256 g/mol. The maximum absolute atomic E-state index is 11.9. The predicted molar refractivity (Wildman–Crippen MR) is 72.2 cm³/mol. The van der Waals surface area contributed by atoms with Crippen LogP contribution in [-0.4, -0.2) is 27.0 Å². The van der Waals surface area contributed by atoms with Crippen LogP contribution in [0.5, 0.6) is 0 Å². The van der Waals surface area contributed by atoms with E-state index in [-0.39, 0.29) is 11.8 Å². The highest BCUT2D eigenvalue weighted by molar-refractivity contribution is 7.80. The van der Waals surface area contributed by atoms with E-state index in [1.165, 1.54) is 0 Å². The number of aryl methyl sites for hydroxylation is 1. The van der Waals surface area contributed by atoms with E-state index >= 15 is 0 Å². The van der Waals surface area contributed by atoms with Crippen molar-refractivity contribution in [3.05, 3.63) is 10.6 Å². The molecule has 1 atom stereocenters. The molecule has 0 saturated heterocycles. The molecule has 1 unspecified atom stereocenters. The van der Waals surface area contributed by atoms with E-state index in [0.717, 1.165) is 30.1 Å². The Balaban J connectivity index is 2.57. The molecule has 0 saturated carbocycles. The molecule has 7 heteroatoms. The Kier molecular flexibility index (Phi) is 5.43. The molecule has 0 aromatic carbocycles. The molecule has 0 bridgehead atoms. The zero-order valence-electron chi connectivity index (χ0n) is 9.90. The molecule has 1 rings (SSSR count). The number of aromatic nitrogens is 2. The fraction of sp³-hybridized carbons (Fsp3) is 0.600. The number of nitrogens with zero attached hydrogens (tertiary/aromatic N) is 2. The average Bonchev–Trinajstić information content (AvgIpc) is 2.74. The lowest BCUT2D eigenvalue weighted by atomic mass is 10.2. The van der Waals surface area contributed by atoms with E-state index in [1.807, 2.05) is 13.8 Å². The number of rotatable bonds is 6. The van der Waals surface area contributed by atoms with Crippen molar-refractivity contribution >= 4 is 34.6 Å². The van der Waals surface area contributed by atoms with Crippen LogP contribution in [-0.2, 0) is 6.42 Å². The minimum Gasteiger partial charge on any atom is -0.393 e. The Morgan fingerprint density at radius 2 is 2.35 bits per heavy atom. The van der Waals surface area contributed by atoms with Gasteiger partial charge in [-0.2, -0.15) is 0 Å². The zero-order valence-corrected chi connectivity index (χ0v) is 11.5. The normalized spacial score (nSPS) is 12.1. The zero-order chi connectivity index (χ0) is 12.8. The van der Waals surface area contributed by atoms with Crippen LogP contribution in [0.4, 0.5) is 0 Å². The summed E-state index contributed by atoms with van der Waals surface area (Å²) in [4.78, 5) is 12.9. The highest BCUT2D eigenvalue weighted by atomic mass is 32.1. The van der Waals surface area contributed by atoms with Gasteiger partial charge in [0.05, 0.1) is 10.7 Å². The van der Waals surface area contributed by atoms with Crippen LogP contribution in [0.3, 0.4) is 0 Å². The third kappa shape index (κ3) is 4.01. The van der Waals surface area contributed by atoms with E-state index in [9.17, 15) is 4.79 Å². The Hall–Kier alpha value is -1.08. The molecule has 0 spiro atoms. The second kappa shape index (κ2) is 6.61. The number of thiocarbonyl (C=S) groups is 1. The topological polar surface area (TPSA) is 80.9 Å². The van der Waals surface area contributed by atoms with Gasteiger partial charge in [0.25, 0.3) is 5.91 Å². The minimum absolute atomic E-state index is 0.00976. The summed E-state index contributed by atoms with van der Waals surface area (Å²) in [5.74, 6) is -0.156. The largest absolute Gasteiger partial charge is 0.393 e. The summed E-state index contributed by atoms with van der Waals surface area (Å²) in [6.07, 6.45) is 1.71. The van der Waals surface area contributed by atoms with E-state index in [1.54, 1.807) is 0 Å². The van der Waals surface area contributed by atoms with Gasteiger partial charge in [0.15, 0.2) is 0 Å². The third-order valence-electron chi connectivity index (χ3n) is 2.30. The summed E-state index contributed by atoms with van der Waals surface area (Å²) in [5, 5.41) is 6.74. The maximum atomic E-state index is 11.9. The fourth-order valence-electron chi connectivity index (χ4n) is 1.21. The first kappa shape index (κ1) is 14.0. The summed E-state index contributed by atoms with van der Waals surface area (Å²) < 4.78 is 3.80. The van der Waals surface area contributed by atoms with E-state index in [0.29, 0.717) is 16.4 Å². The molecule has 17 heavy (non-hydrogen) atoms. The van der Waals surface area contributed by atoms with Gasteiger partial charge < -0.3 is 11.1 Å². The highest BCUT2D eigenvalue weighted by Gasteiger charge is 2.16. The number of amides is 1. The number of carbonyl (C=O) groups is 1. The monoisotopic (exact) mass is 272 g/mol. The lowest BCUT2D eigenvalue weighted by molar-refractivity contribution is 0.0954. The molecule has 1 aromatic rings. The van der Waals surface area contributed by atoms with Gasteiger partial charge >= 0.3 is 0 Å². The van der Waals surface area contributed by atoms with E-state index in [2.05, 4.69) is 14.9 Å². The summed E-state index contributed by atoms with van der Waals surface area (Å²) in [5.41, 5.74) is 6.24. The molecule has 0 aliphatic carbocycles. The molecule has 0 radical (unpaired) electrons. The van der Waals surface area contributed by atoms with Gasteiger partial charge in [0.1, 0.15) is 4.88 Å². The lowest BCUT2D eigenvalue weighted by Crippen LogP contribution is -2.33. The second-order valence-electron chi connectivity index (χ2n) is 3.81. The van der Waals surface area contributed by atoms with E-state index in [4.69, 9.17) is 18.0 Å². The molecule has 94 valence electrons. The van der Waals surface area contributed by atoms with Crippen molar-refractivity contribution in [2.24, 2.45) is 11.7 Å². The van der Waals surface area contributed by atoms with Crippen molar-refractivity contribution in [2.75, 3.05) is 6.54 Å². The van der Waals surface area contributed by atoms with Crippen LogP contribution in [0.1, 0.15) is 35.6 Å². The van der Waals surface area contributed by atoms with Crippen LogP contribution >= 0.6 is 23.8 Å². The molecular formula is C10H16N4OS2. The summed E-state index contributed by atoms with van der Waals surface area (Å²) in [7, 11) is 0. The van der Waals surface area contributed by atoms with Gasteiger partial charge in [-0.05, 0) is 18.0 Å². The van der Waals surface area contributed by atoms with Gasteiger partial charge in [0, 0.05) is 12.5 Å². The van der Waals surface area contributed by atoms with Gasteiger partial charge in [-0.25, -0.2) is 0 Å². The first-order valence-electron chi connectivity index (χ1n) is 5.45. The highest BCUT2D eigenvalue weighted by Crippen LogP contribution is 2.12. The number of hydrogen-bond acceptors (Lipinski definition) is 5.